The highest BCUT2D eigenvalue weighted by Gasteiger charge is 2.29. The molecule has 8 heteroatoms. The van der Waals surface area contributed by atoms with Gasteiger partial charge in [-0.3, -0.25) is 9.69 Å². The molecule has 1 fully saturated rings. The Kier molecular flexibility index (Phi) is 8.67. The molecular formula is C24H33N3O4S. The zero-order valence-electron chi connectivity index (χ0n) is 18.9. The quantitative estimate of drug-likeness (QED) is 0.589. The molecule has 0 aromatic heterocycles. The molecule has 0 aliphatic carbocycles. The van der Waals surface area contributed by atoms with Gasteiger partial charge in [-0.2, -0.15) is 4.31 Å². The van der Waals surface area contributed by atoms with E-state index < -0.39 is 10.0 Å². The summed E-state index contributed by atoms with van der Waals surface area (Å²) in [7, 11) is -0.319. The van der Waals surface area contributed by atoms with Crippen molar-refractivity contribution in [3.63, 3.8) is 0 Å². The van der Waals surface area contributed by atoms with Crippen molar-refractivity contribution in [3.8, 4) is 5.75 Å². The second kappa shape index (κ2) is 11.4. The van der Waals surface area contributed by atoms with Gasteiger partial charge in [-0.15, -0.1) is 0 Å². The topological polar surface area (TPSA) is 79.0 Å². The van der Waals surface area contributed by atoms with Crippen molar-refractivity contribution >= 4 is 21.6 Å². The van der Waals surface area contributed by atoms with Crippen LogP contribution >= 0.6 is 0 Å². The molecule has 32 heavy (non-hydrogen) atoms. The maximum atomic E-state index is 13.1. The van der Waals surface area contributed by atoms with E-state index in [1.54, 1.807) is 12.1 Å². The molecule has 3 rings (SSSR count). The van der Waals surface area contributed by atoms with Crippen molar-refractivity contribution in [3.05, 3.63) is 54.1 Å². The fraction of sp³-hybridized carbons (Fsp3) is 0.458. The van der Waals surface area contributed by atoms with Gasteiger partial charge in [0.1, 0.15) is 10.6 Å². The van der Waals surface area contributed by atoms with E-state index in [9.17, 15) is 13.2 Å². The lowest BCUT2D eigenvalue weighted by Gasteiger charge is -2.26. The molecule has 2 aromatic carbocycles. The van der Waals surface area contributed by atoms with Crippen LogP contribution in [-0.4, -0.2) is 63.9 Å². The Bertz CT molecular complexity index is 990. The number of hydrogen-bond donors (Lipinski definition) is 1. The Morgan fingerprint density at radius 1 is 1.09 bits per heavy atom. The number of nitrogens with one attached hydrogen (secondary N) is 1. The summed E-state index contributed by atoms with van der Waals surface area (Å²) in [5.74, 6) is 0.102. The third-order valence-electron chi connectivity index (χ3n) is 5.64. The number of aryl methyl sites for hydroxylation is 1. The molecule has 0 bridgehead atoms. The van der Waals surface area contributed by atoms with Gasteiger partial charge in [0.2, 0.25) is 15.9 Å². The number of sulfonamides is 1. The highest BCUT2D eigenvalue weighted by Crippen LogP contribution is 2.31. The number of amides is 1. The van der Waals surface area contributed by atoms with Crippen LogP contribution < -0.4 is 10.1 Å². The van der Waals surface area contributed by atoms with E-state index in [0.717, 1.165) is 38.6 Å². The molecule has 2 aromatic rings. The van der Waals surface area contributed by atoms with Crippen LogP contribution in [-0.2, 0) is 21.2 Å². The molecule has 1 aliphatic heterocycles. The van der Waals surface area contributed by atoms with Crippen molar-refractivity contribution < 1.29 is 17.9 Å². The number of benzene rings is 2. The van der Waals surface area contributed by atoms with Crippen LogP contribution in [0.4, 0.5) is 5.69 Å². The van der Waals surface area contributed by atoms with Gasteiger partial charge >= 0.3 is 0 Å². The molecule has 1 N–H and O–H groups in total. The van der Waals surface area contributed by atoms with Crippen LogP contribution in [0.15, 0.2) is 53.4 Å². The van der Waals surface area contributed by atoms with Crippen LogP contribution in [0.3, 0.4) is 0 Å². The number of anilines is 1. The van der Waals surface area contributed by atoms with Crippen molar-refractivity contribution in [2.45, 2.75) is 37.0 Å². The molecule has 7 nitrogen and oxygen atoms in total. The van der Waals surface area contributed by atoms with Crippen LogP contribution in [0.5, 0.6) is 5.75 Å². The summed E-state index contributed by atoms with van der Waals surface area (Å²) in [6, 6.07) is 15.0. The summed E-state index contributed by atoms with van der Waals surface area (Å²) < 4.78 is 33.1. The van der Waals surface area contributed by atoms with Gasteiger partial charge in [-0.25, -0.2) is 8.42 Å². The molecule has 1 aliphatic rings. The molecule has 174 valence electrons. The van der Waals surface area contributed by atoms with Gasteiger partial charge in [0.05, 0.1) is 13.7 Å². The maximum Gasteiger partial charge on any atom is 0.246 e. The van der Waals surface area contributed by atoms with Crippen LogP contribution in [0.1, 0.15) is 31.2 Å². The second-order valence-corrected chi connectivity index (χ2v) is 10.1. The molecule has 0 atom stereocenters. The lowest BCUT2D eigenvalue weighted by molar-refractivity contribution is -0.117. The third kappa shape index (κ3) is 6.54. The van der Waals surface area contributed by atoms with E-state index in [4.69, 9.17) is 4.74 Å². The summed E-state index contributed by atoms with van der Waals surface area (Å²) in [6.07, 6.45) is 4.67. The minimum absolute atomic E-state index is 0.0934. The van der Waals surface area contributed by atoms with E-state index in [1.807, 2.05) is 30.1 Å². The summed E-state index contributed by atoms with van der Waals surface area (Å²) in [6.45, 7) is 2.04. The lowest BCUT2D eigenvalue weighted by Crippen LogP contribution is -2.36. The van der Waals surface area contributed by atoms with E-state index in [1.165, 1.54) is 23.0 Å². The number of ether oxygens (including phenoxy) is 1. The Morgan fingerprint density at radius 3 is 2.50 bits per heavy atom. The largest absolute Gasteiger partial charge is 0.495 e. The number of nitrogens with zero attached hydrogens (tertiary/aromatic N) is 2. The molecule has 1 saturated heterocycles. The fourth-order valence-corrected chi connectivity index (χ4v) is 5.62. The van der Waals surface area contributed by atoms with Crippen LogP contribution in [0.25, 0.3) is 0 Å². The predicted molar refractivity (Wildman–Crippen MR) is 126 cm³/mol. The standard InChI is InChI=1S/C24H33N3O4S/c1-26(15-9-12-20-10-5-3-6-11-20)19-24(28)25-21-13-14-22(31-2)23(18-21)32(29,30)27-16-7-4-8-17-27/h3,5-6,10-11,13-14,18H,4,7-9,12,15-17,19H2,1-2H3,(H,25,28). The lowest BCUT2D eigenvalue weighted by atomic mass is 10.1. The van der Waals surface area contributed by atoms with E-state index >= 15 is 0 Å². The Hall–Kier alpha value is -2.42. The Morgan fingerprint density at radius 2 is 1.81 bits per heavy atom. The minimum Gasteiger partial charge on any atom is -0.495 e. The van der Waals surface area contributed by atoms with Crippen LogP contribution in [0.2, 0.25) is 0 Å². The van der Waals surface area contributed by atoms with E-state index in [2.05, 4.69) is 17.4 Å². The van der Waals surface area contributed by atoms with Gasteiger partial charge in [0.15, 0.2) is 0 Å². The summed E-state index contributed by atoms with van der Waals surface area (Å²) in [5.41, 5.74) is 1.73. The van der Waals surface area contributed by atoms with Crippen molar-refractivity contribution in [2.75, 3.05) is 45.7 Å². The number of rotatable bonds is 10. The average Bonchev–Trinajstić information content (AvgIpc) is 2.80. The number of carbonyl (C=O) groups excluding carboxylic acids is 1. The predicted octanol–water partition coefficient (Wildman–Crippen LogP) is 3.37. The number of carbonyl (C=O) groups is 1. The first-order valence-electron chi connectivity index (χ1n) is 11.1. The molecule has 0 saturated carbocycles. The van der Waals surface area contributed by atoms with Crippen molar-refractivity contribution in [1.29, 1.82) is 0 Å². The second-order valence-electron chi connectivity index (χ2n) is 8.21. The van der Waals surface area contributed by atoms with E-state index in [-0.39, 0.29) is 23.1 Å². The highest BCUT2D eigenvalue weighted by atomic mass is 32.2. The zero-order chi connectivity index (χ0) is 23.0. The molecular weight excluding hydrogens is 426 g/mol. The highest BCUT2D eigenvalue weighted by molar-refractivity contribution is 7.89. The van der Waals surface area contributed by atoms with Gasteiger partial charge in [-0.05, 0) is 63.0 Å². The smallest absolute Gasteiger partial charge is 0.246 e. The Labute approximate surface area is 191 Å². The zero-order valence-corrected chi connectivity index (χ0v) is 19.7. The molecule has 1 amide bonds. The number of likely N-dealkylation sites (N-methyl/N-ethyl adjacent to an activating group) is 1. The van der Waals surface area contributed by atoms with Gasteiger partial charge in [-0.1, -0.05) is 36.8 Å². The Balaban J connectivity index is 1.59. The van der Waals surface area contributed by atoms with Crippen LogP contribution in [0, 0.1) is 0 Å². The van der Waals surface area contributed by atoms with E-state index in [0.29, 0.717) is 18.8 Å². The van der Waals surface area contributed by atoms with Gasteiger partial charge in [0.25, 0.3) is 0 Å². The summed E-state index contributed by atoms with van der Waals surface area (Å²) in [4.78, 5) is 14.6. The molecule has 0 spiro atoms. The third-order valence-corrected chi connectivity index (χ3v) is 7.56. The molecule has 0 unspecified atom stereocenters. The number of piperidine rings is 1. The molecule has 1 heterocycles. The molecule has 0 radical (unpaired) electrons. The monoisotopic (exact) mass is 459 g/mol. The minimum atomic E-state index is -3.68. The first-order chi connectivity index (χ1) is 15.4. The van der Waals surface area contributed by atoms with Crippen molar-refractivity contribution in [1.82, 2.24) is 9.21 Å². The SMILES string of the molecule is COc1ccc(NC(=O)CN(C)CCCc2ccccc2)cc1S(=O)(=O)N1CCCCC1. The van der Waals surface area contributed by atoms with Crippen molar-refractivity contribution in [2.24, 2.45) is 0 Å². The van der Waals surface area contributed by atoms with Gasteiger partial charge in [0, 0.05) is 18.8 Å². The maximum absolute atomic E-state index is 13.1. The van der Waals surface area contributed by atoms with Gasteiger partial charge < -0.3 is 10.1 Å². The normalized spacial score (nSPS) is 15.0. The number of hydrogen-bond acceptors (Lipinski definition) is 5. The average molecular weight is 460 g/mol. The first-order valence-corrected chi connectivity index (χ1v) is 12.5. The number of methoxy groups -OCH3 is 1. The first kappa shape index (κ1) is 24.2. The summed E-state index contributed by atoms with van der Waals surface area (Å²) >= 11 is 0. The fourth-order valence-electron chi connectivity index (χ4n) is 3.92. The summed E-state index contributed by atoms with van der Waals surface area (Å²) in [5, 5.41) is 2.83.